The normalized spacial score (nSPS) is 11.5. The summed E-state index contributed by atoms with van der Waals surface area (Å²) in [5.74, 6) is 1.90. The molecule has 0 fully saturated rings. The minimum absolute atomic E-state index is 0.628. The van der Waals surface area contributed by atoms with Crippen molar-refractivity contribution in [1.29, 1.82) is 0 Å². The van der Waals surface area contributed by atoms with Gasteiger partial charge in [0.05, 0.1) is 0 Å². The van der Waals surface area contributed by atoms with Crippen LogP contribution in [0.25, 0.3) is 72.8 Å². The summed E-state index contributed by atoms with van der Waals surface area (Å²) in [4.78, 5) is 14.9. The van der Waals surface area contributed by atoms with Gasteiger partial charge in [0.15, 0.2) is 17.5 Å². The van der Waals surface area contributed by atoms with E-state index in [4.69, 9.17) is 20.7 Å². The number of benzene rings is 8. The zero-order chi connectivity index (χ0) is 37.7. The summed E-state index contributed by atoms with van der Waals surface area (Å²) in [6.45, 7) is 0. The van der Waals surface area contributed by atoms with Gasteiger partial charge in [0.2, 0.25) is 0 Å². The van der Waals surface area contributed by atoms with Gasteiger partial charge in [0.1, 0.15) is 0 Å². The maximum Gasteiger partial charge on any atom is 0.164 e. The first-order valence-corrected chi connectivity index (χ1v) is 18.9. The van der Waals surface area contributed by atoms with E-state index in [2.05, 4.69) is 164 Å². The first-order chi connectivity index (χ1) is 27.7. The monoisotopic (exact) mass is 718 g/mol. The molecule has 56 heavy (non-hydrogen) atoms. The SMILES string of the molecule is Nc1ccc2ccccc2c1/C(=C\Cc1ccccc1)c1ccc(-c2ccc(-c3nc(-c4ccccc4)nc(-c4ccc(-c5ccccc5)cc4)n3)cc2)cc1. The van der Waals surface area contributed by atoms with Crippen molar-refractivity contribution in [1.82, 2.24) is 15.0 Å². The van der Waals surface area contributed by atoms with Crippen molar-refractivity contribution in [2.45, 2.75) is 6.42 Å². The van der Waals surface area contributed by atoms with E-state index in [1.165, 1.54) is 16.5 Å². The second-order valence-electron chi connectivity index (χ2n) is 13.8. The van der Waals surface area contributed by atoms with Crippen molar-refractivity contribution >= 4 is 22.0 Å². The summed E-state index contributed by atoms with van der Waals surface area (Å²) in [5.41, 5.74) is 19.4. The van der Waals surface area contributed by atoms with Crippen molar-refractivity contribution in [3.8, 4) is 56.4 Å². The Kier molecular flexibility index (Phi) is 9.51. The number of nitrogen functional groups attached to an aromatic ring is 1. The lowest BCUT2D eigenvalue weighted by molar-refractivity contribution is 1.07. The molecule has 0 radical (unpaired) electrons. The number of hydrogen-bond acceptors (Lipinski definition) is 4. The number of nitrogens with zero attached hydrogens (tertiary/aromatic N) is 3. The zero-order valence-electron chi connectivity index (χ0n) is 30.8. The highest BCUT2D eigenvalue weighted by Crippen LogP contribution is 2.36. The highest BCUT2D eigenvalue weighted by molar-refractivity contribution is 6.02. The predicted molar refractivity (Wildman–Crippen MR) is 233 cm³/mol. The fraction of sp³-hybridized carbons (Fsp3) is 0.0192. The Labute approximate surface area is 327 Å². The minimum Gasteiger partial charge on any atom is -0.398 e. The fourth-order valence-electron chi connectivity index (χ4n) is 7.23. The van der Waals surface area contributed by atoms with Crippen molar-refractivity contribution in [2.24, 2.45) is 0 Å². The lowest BCUT2D eigenvalue weighted by Gasteiger charge is -2.16. The molecule has 9 rings (SSSR count). The summed E-state index contributed by atoms with van der Waals surface area (Å²) in [7, 11) is 0. The third kappa shape index (κ3) is 7.24. The fourth-order valence-corrected chi connectivity index (χ4v) is 7.23. The molecule has 4 nitrogen and oxygen atoms in total. The van der Waals surface area contributed by atoms with E-state index in [0.29, 0.717) is 17.5 Å². The van der Waals surface area contributed by atoms with Crippen molar-refractivity contribution < 1.29 is 0 Å². The van der Waals surface area contributed by atoms with Crippen LogP contribution in [0.15, 0.2) is 206 Å². The van der Waals surface area contributed by atoms with Gasteiger partial charge in [-0.2, -0.15) is 0 Å². The molecule has 1 heterocycles. The number of fused-ring (bicyclic) bond motifs is 1. The van der Waals surface area contributed by atoms with Crippen molar-refractivity contribution in [3.63, 3.8) is 0 Å². The van der Waals surface area contributed by atoms with Crippen LogP contribution in [0, 0.1) is 0 Å². The molecule has 9 aromatic rings. The summed E-state index contributed by atoms with van der Waals surface area (Å²) in [5, 5.41) is 2.31. The molecule has 0 unspecified atom stereocenters. The molecule has 0 atom stereocenters. The van der Waals surface area contributed by atoms with E-state index in [0.717, 1.165) is 67.6 Å². The van der Waals surface area contributed by atoms with Crippen LogP contribution in [0.1, 0.15) is 16.7 Å². The number of hydrogen-bond donors (Lipinski definition) is 1. The Morgan fingerprint density at radius 1 is 0.393 bits per heavy atom. The Bertz CT molecular complexity index is 2780. The van der Waals surface area contributed by atoms with Crippen LogP contribution in [-0.4, -0.2) is 15.0 Å². The molecule has 0 amide bonds. The van der Waals surface area contributed by atoms with Gasteiger partial charge in [0, 0.05) is 27.9 Å². The van der Waals surface area contributed by atoms with Crippen molar-refractivity contribution in [3.05, 3.63) is 223 Å². The maximum absolute atomic E-state index is 6.73. The maximum atomic E-state index is 6.73. The number of anilines is 1. The van der Waals surface area contributed by atoms with Gasteiger partial charge >= 0.3 is 0 Å². The summed E-state index contributed by atoms with van der Waals surface area (Å²) in [6.07, 6.45) is 3.10. The molecule has 0 spiro atoms. The summed E-state index contributed by atoms with van der Waals surface area (Å²) < 4.78 is 0. The Hall–Kier alpha value is -7.43. The molecule has 0 bridgehead atoms. The zero-order valence-corrected chi connectivity index (χ0v) is 30.8. The predicted octanol–water partition coefficient (Wildman–Crippen LogP) is 12.6. The van der Waals surface area contributed by atoms with Crippen LogP contribution in [-0.2, 0) is 6.42 Å². The molecule has 2 N–H and O–H groups in total. The van der Waals surface area contributed by atoms with E-state index in [1.807, 2.05) is 42.5 Å². The third-order valence-electron chi connectivity index (χ3n) is 10.2. The number of aromatic nitrogens is 3. The Morgan fingerprint density at radius 3 is 1.36 bits per heavy atom. The van der Waals surface area contributed by atoms with E-state index >= 15 is 0 Å². The van der Waals surface area contributed by atoms with Gasteiger partial charge in [-0.1, -0.05) is 200 Å². The van der Waals surface area contributed by atoms with Crippen LogP contribution in [0.5, 0.6) is 0 Å². The number of allylic oxidation sites excluding steroid dienone is 1. The number of rotatable bonds is 9. The molecule has 8 aromatic carbocycles. The first kappa shape index (κ1) is 34.3. The summed E-state index contributed by atoms with van der Waals surface area (Å²) in [6, 6.07) is 69.2. The van der Waals surface area contributed by atoms with Crippen LogP contribution >= 0.6 is 0 Å². The van der Waals surface area contributed by atoms with Gasteiger partial charge in [-0.15, -0.1) is 0 Å². The Balaban J connectivity index is 1.04. The quantitative estimate of drug-likeness (QED) is 0.151. The summed E-state index contributed by atoms with van der Waals surface area (Å²) >= 11 is 0. The van der Waals surface area contributed by atoms with E-state index in [-0.39, 0.29) is 0 Å². The average molecular weight is 719 g/mol. The van der Waals surface area contributed by atoms with E-state index in [9.17, 15) is 0 Å². The molecular formula is C52H38N4. The molecule has 0 aliphatic heterocycles. The highest BCUT2D eigenvalue weighted by atomic mass is 15.0. The Morgan fingerprint density at radius 2 is 0.804 bits per heavy atom. The van der Waals surface area contributed by atoms with Crippen LogP contribution in [0.4, 0.5) is 5.69 Å². The van der Waals surface area contributed by atoms with Gasteiger partial charge in [0.25, 0.3) is 0 Å². The molecule has 4 heteroatoms. The number of nitrogens with two attached hydrogens (primary N) is 1. The van der Waals surface area contributed by atoms with Gasteiger partial charge in [-0.3, -0.25) is 0 Å². The minimum atomic E-state index is 0.628. The lowest BCUT2D eigenvalue weighted by Crippen LogP contribution is -2.00. The molecule has 0 aliphatic carbocycles. The topological polar surface area (TPSA) is 64.7 Å². The molecule has 0 saturated heterocycles. The molecule has 0 saturated carbocycles. The molecule has 0 aliphatic rings. The van der Waals surface area contributed by atoms with Gasteiger partial charge in [-0.25, -0.2) is 15.0 Å². The second kappa shape index (κ2) is 15.5. The van der Waals surface area contributed by atoms with E-state index < -0.39 is 0 Å². The van der Waals surface area contributed by atoms with E-state index in [1.54, 1.807) is 0 Å². The van der Waals surface area contributed by atoms with Crippen LogP contribution in [0.2, 0.25) is 0 Å². The van der Waals surface area contributed by atoms with Crippen molar-refractivity contribution in [2.75, 3.05) is 5.73 Å². The molecule has 1 aromatic heterocycles. The van der Waals surface area contributed by atoms with Crippen LogP contribution < -0.4 is 5.73 Å². The molecular weight excluding hydrogens is 681 g/mol. The van der Waals surface area contributed by atoms with Gasteiger partial charge < -0.3 is 5.73 Å². The highest BCUT2D eigenvalue weighted by Gasteiger charge is 2.15. The lowest BCUT2D eigenvalue weighted by atomic mass is 9.89. The third-order valence-corrected chi connectivity index (χ3v) is 10.2. The van der Waals surface area contributed by atoms with Gasteiger partial charge in [-0.05, 0) is 62.2 Å². The average Bonchev–Trinajstić information content (AvgIpc) is 3.28. The molecule has 266 valence electrons. The smallest absolute Gasteiger partial charge is 0.164 e. The standard InChI is InChI=1S/C52H38N4/c53-48-35-33-41-16-10-11-19-46(41)49(48)47(34-20-36-12-4-1-5-13-36)42-27-21-39(22-28-42)40-25-31-45(32-26-40)52-55-50(43-17-8-3-9-18-43)54-51(56-52)44-29-23-38(24-30-44)37-14-6-2-7-15-37/h1-19,21-35H,20,53H2/b47-34-. The van der Waals surface area contributed by atoms with Crippen LogP contribution in [0.3, 0.4) is 0 Å². The first-order valence-electron chi connectivity index (χ1n) is 18.9. The second-order valence-corrected chi connectivity index (χ2v) is 13.8. The largest absolute Gasteiger partial charge is 0.398 e.